The molecule has 0 fully saturated rings. The van der Waals surface area contributed by atoms with Crippen molar-refractivity contribution < 1.29 is 32.6 Å². The number of carboxylic acids is 1. The van der Waals surface area contributed by atoms with Crippen LogP contribution >= 0.6 is 0 Å². The lowest BCUT2D eigenvalue weighted by Gasteiger charge is -2.12. The van der Waals surface area contributed by atoms with E-state index >= 15 is 0 Å². The van der Waals surface area contributed by atoms with Gasteiger partial charge in [-0.1, -0.05) is 24.3 Å². The Morgan fingerprint density at radius 2 is 1.81 bits per heavy atom. The molecule has 0 aliphatic carbocycles. The quantitative estimate of drug-likeness (QED) is 0.179. The van der Waals surface area contributed by atoms with Crippen LogP contribution in [0.5, 0.6) is 5.75 Å². The molecule has 2 aromatic heterocycles. The molecule has 2 heterocycles. The zero-order chi connectivity index (χ0) is 30.3. The highest BCUT2D eigenvalue weighted by molar-refractivity contribution is 5.93. The molecule has 5 aromatic rings. The standard InChI is InChI=1S/C26H24N6O2.C3H3F3O2/c1-16(2)28-24(33)15-34-20-7-5-6-17(13-20)25-30-23-9-4-3-8-21(23)26(31-25)29-19-10-11-22-18(12-19)14-27-32-22;4-3(5,6)1-2(7)8/h3-14,16H,15H2,1-2H3,(H,27,32)(H,28,33)(H,29,30,31);1H2,(H,7,8). The number of para-hydroxylation sites is 1. The summed E-state index contributed by atoms with van der Waals surface area (Å²) in [6, 6.07) is 21.3. The van der Waals surface area contributed by atoms with Gasteiger partial charge in [0.05, 0.1) is 17.2 Å². The molecule has 0 unspecified atom stereocenters. The van der Waals surface area contributed by atoms with E-state index in [4.69, 9.17) is 19.8 Å². The van der Waals surface area contributed by atoms with Crippen molar-refractivity contribution >= 4 is 45.2 Å². The number of amides is 1. The highest BCUT2D eigenvalue weighted by Gasteiger charge is 2.30. The number of hydrogen-bond donors (Lipinski definition) is 4. The van der Waals surface area contributed by atoms with Crippen molar-refractivity contribution in [2.24, 2.45) is 0 Å². The summed E-state index contributed by atoms with van der Waals surface area (Å²) in [4.78, 5) is 30.8. The number of rotatable bonds is 8. The van der Waals surface area contributed by atoms with E-state index in [-0.39, 0.29) is 18.6 Å². The van der Waals surface area contributed by atoms with Crippen LogP contribution in [0.4, 0.5) is 24.7 Å². The molecular formula is C29H27F3N6O4. The van der Waals surface area contributed by atoms with E-state index in [0.717, 1.165) is 33.1 Å². The van der Waals surface area contributed by atoms with Crippen molar-refractivity contribution in [3.05, 3.63) is 72.9 Å². The molecule has 3 aromatic carbocycles. The lowest BCUT2D eigenvalue weighted by atomic mass is 10.1. The van der Waals surface area contributed by atoms with Crippen LogP contribution in [-0.4, -0.2) is 56.0 Å². The Kier molecular flexibility index (Phi) is 9.20. The van der Waals surface area contributed by atoms with Crippen LogP contribution in [0.15, 0.2) is 72.9 Å². The molecular weight excluding hydrogens is 553 g/mol. The number of aromatic amines is 1. The van der Waals surface area contributed by atoms with Gasteiger partial charge < -0.3 is 20.5 Å². The number of anilines is 2. The number of fused-ring (bicyclic) bond motifs is 2. The minimum atomic E-state index is -4.58. The fourth-order valence-corrected chi connectivity index (χ4v) is 3.87. The van der Waals surface area contributed by atoms with E-state index in [0.29, 0.717) is 17.4 Å². The fraction of sp³-hybridized carbons (Fsp3) is 0.207. The highest BCUT2D eigenvalue weighted by Crippen LogP contribution is 2.29. The Morgan fingerprint density at radius 1 is 1.02 bits per heavy atom. The summed E-state index contributed by atoms with van der Waals surface area (Å²) in [7, 11) is 0. The van der Waals surface area contributed by atoms with Gasteiger partial charge in [-0.05, 0) is 56.3 Å². The predicted octanol–water partition coefficient (Wildman–Crippen LogP) is 5.84. The monoisotopic (exact) mass is 580 g/mol. The van der Waals surface area contributed by atoms with Crippen LogP contribution in [0.3, 0.4) is 0 Å². The minimum Gasteiger partial charge on any atom is -0.484 e. The first-order valence-electron chi connectivity index (χ1n) is 12.7. The summed E-state index contributed by atoms with van der Waals surface area (Å²) >= 11 is 0. The van der Waals surface area contributed by atoms with Gasteiger partial charge in [0.25, 0.3) is 5.91 Å². The number of alkyl halides is 3. The first-order valence-corrected chi connectivity index (χ1v) is 12.7. The number of carbonyl (C=O) groups is 2. The largest absolute Gasteiger partial charge is 0.484 e. The molecule has 10 nitrogen and oxygen atoms in total. The van der Waals surface area contributed by atoms with Gasteiger partial charge in [-0.25, -0.2) is 9.97 Å². The lowest BCUT2D eigenvalue weighted by Crippen LogP contribution is -2.34. The number of hydrogen-bond acceptors (Lipinski definition) is 7. The van der Waals surface area contributed by atoms with Gasteiger partial charge in [0.2, 0.25) is 0 Å². The number of halogens is 3. The van der Waals surface area contributed by atoms with Gasteiger partial charge in [-0.15, -0.1) is 0 Å². The summed E-state index contributed by atoms with van der Waals surface area (Å²) < 4.78 is 38.5. The second-order valence-corrected chi connectivity index (χ2v) is 9.43. The van der Waals surface area contributed by atoms with Crippen molar-refractivity contribution in [2.45, 2.75) is 32.5 Å². The zero-order valence-electron chi connectivity index (χ0n) is 22.6. The zero-order valence-corrected chi connectivity index (χ0v) is 22.6. The fourth-order valence-electron chi connectivity index (χ4n) is 3.87. The summed E-state index contributed by atoms with van der Waals surface area (Å²) in [5.74, 6) is -0.178. The lowest BCUT2D eigenvalue weighted by molar-refractivity contribution is -0.166. The Balaban J connectivity index is 0.000000446. The van der Waals surface area contributed by atoms with Crippen molar-refractivity contribution in [3.63, 3.8) is 0 Å². The summed E-state index contributed by atoms with van der Waals surface area (Å²) in [5, 5.41) is 22.8. The van der Waals surface area contributed by atoms with Crippen molar-refractivity contribution in [1.29, 1.82) is 0 Å². The molecule has 0 atom stereocenters. The number of aromatic nitrogens is 4. The average molecular weight is 581 g/mol. The number of benzene rings is 3. The molecule has 42 heavy (non-hydrogen) atoms. The maximum atomic E-state index is 11.9. The van der Waals surface area contributed by atoms with Crippen LogP contribution < -0.4 is 15.4 Å². The highest BCUT2D eigenvalue weighted by atomic mass is 19.4. The molecule has 0 spiro atoms. The number of aliphatic carboxylic acids is 1. The van der Waals surface area contributed by atoms with E-state index in [1.54, 1.807) is 6.20 Å². The van der Waals surface area contributed by atoms with Crippen LogP contribution in [0.2, 0.25) is 0 Å². The first kappa shape index (κ1) is 29.8. The number of carbonyl (C=O) groups excluding carboxylic acids is 1. The van der Waals surface area contributed by atoms with Crippen molar-refractivity contribution in [2.75, 3.05) is 11.9 Å². The third-order valence-electron chi connectivity index (χ3n) is 5.57. The average Bonchev–Trinajstić information content (AvgIpc) is 3.39. The maximum absolute atomic E-state index is 11.9. The summed E-state index contributed by atoms with van der Waals surface area (Å²) in [6.45, 7) is 3.77. The van der Waals surface area contributed by atoms with Crippen LogP contribution in [-0.2, 0) is 9.59 Å². The number of ether oxygens (including phenoxy) is 1. The normalized spacial score (nSPS) is 11.2. The molecule has 0 saturated heterocycles. The molecule has 13 heteroatoms. The molecule has 4 N–H and O–H groups in total. The van der Waals surface area contributed by atoms with Gasteiger partial charge in [0, 0.05) is 28.1 Å². The summed E-state index contributed by atoms with van der Waals surface area (Å²) in [6.07, 6.45) is -4.55. The minimum absolute atomic E-state index is 0.0521. The molecule has 0 radical (unpaired) electrons. The molecule has 218 valence electrons. The molecule has 5 rings (SSSR count). The molecule has 0 aliphatic rings. The van der Waals surface area contributed by atoms with Gasteiger partial charge in [0.15, 0.2) is 12.4 Å². The van der Waals surface area contributed by atoms with E-state index in [9.17, 15) is 22.8 Å². The van der Waals surface area contributed by atoms with Crippen molar-refractivity contribution in [3.8, 4) is 17.1 Å². The Hall–Kier alpha value is -5.20. The number of H-pyrrole nitrogens is 1. The van der Waals surface area contributed by atoms with Crippen LogP contribution in [0, 0.1) is 0 Å². The number of nitrogens with one attached hydrogen (secondary N) is 3. The van der Waals surface area contributed by atoms with Gasteiger partial charge in [-0.2, -0.15) is 18.3 Å². The van der Waals surface area contributed by atoms with E-state index in [1.807, 2.05) is 80.6 Å². The SMILES string of the molecule is CC(C)NC(=O)COc1cccc(-c2nc(Nc3ccc4[nH]ncc4c3)c3ccccc3n2)c1.O=C(O)CC(F)(F)F. The molecule has 0 saturated carbocycles. The molecule has 1 amide bonds. The summed E-state index contributed by atoms with van der Waals surface area (Å²) in [5.41, 5.74) is 3.48. The predicted molar refractivity (Wildman–Crippen MR) is 151 cm³/mol. The molecule has 0 aliphatic heterocycles. The van der Waals surface area contributed by atoms with Gasteiger partial charge >= 0.3 is 12.1 Å². The van der Waals surface area contributed by atoms with Gasteiger partial charge in [0.1, 0.15) is 18.0 Å². The third-order valence-corrected chi connectivity index (χ3v) is 5.57. The number of carboxylic acid groups (broad SMARTS) is 1. The maximum Gasteiger partial charge on any atom is 0.399 e. The van der Waals surface area contributed by atoms with Crippen LogP contribution in [0.1, 0.15) is 20.3 Å². The second-order valence-electron chi connectivity index (χ2n) is 9.43. The van der Waals surface area contributed by atoms with E-state index < -0.39 is 18.6 Å². The third kappa shape index (κ3) is 8.40. The second kappa shape index (κ2) is 13.0. The first-order chi connectivity index (χ1) is 20.0. The van der Waals surface area contributed by atoms with Crippen molar-refractivity contribution in [1.82, 2.24) is 25.5 Å². The smallest absolute Gasteiger partial charge is 0.399 e. The Morgan fingerprint density at radius 3 is 2.52 bits per heavy atom. The topological polar surface area (TPSA) is 142 Å². The number of nitrogens with zero attached hydrogens (tertiary/aromatic N) is 3. The van der Waals surface area contributed by atoms with Gasteiger partial charge in [-0.3, -0.25) is 14.7 Å². The Bertz CT molecular complexity index is 1700. The Labute approximate surface area is 237 Å². The molecule has 0 bridgehead atoms. The van der Waals surface area contributed by atoms with Crippen LogP contribution in [0.25, 0.3) is 33.2 Å². The van der Waals surface area contributed by atoms with E-state index in [1.165, 1.54) is 0 Å². The van der Waals surface area contributed by atoms with E-state index in [2.05, 4.69) is 20.8 Å².